The van der Waals surface area contributed by atoms with Gasteiger partial charge in [0.1, 0.15) is 0 Å². The average molecular weight is 296 g/mol. The fraction of sp³-hybridized carbons (Fsp3) is 0.938. The summed E-state index contributed by atoms with van der Waals surface area (Å²) >= 11 is 0. The Morgan fingerprint density at radius 2 is 1.62 bits per heavy atom. The Morgan fingerprint density at radius 1 is 1.05 bits per heavy atom. The zero-order chi connectivity index (χ0) is 15.2. The number of amides is 1. The minimum atomic E-state index is 0.309. The summed E-state index contributed by atoms with van der Waals surface area (Å²) in [7, 11) is 0. The van der Waals surface area contributed by atoms with Gasteiger partial charge in [-0.05, 0) is 38.8 Å². The largest absolute Gasteiger partial charge is 0.341 e. The van der Waals surface area contributed by atoms with E-state index in [0.29, 0.717) is 24.5 Å². The molecule has 2 rings (SSSR count). The van der Waals surface area contributed by atoms with Crippen LogP contribution in [0.2, 0.25) is 0 Å². The summed E-state index contributed by atoms with van der Waals surface area (Å²) in [4.78, 5) is 19.3. The van der Waals surface area contributed by atoms with Gasteiger partial charge in [-0.1, -0.05) is 13.8 Å². The minimum Gasteiger partial charge on any atom is -0.341 e. The Morgan fingerprint density at radius 3 is 2.14 bits per heavy atom. The van der Waals surface area contributed by atoms with E-state index < -0.39 is 0 Å². The van der Waals surface area contributed by atoms with E-state index in [1.54, 1.807) is 0 Å². The van der Waals surface area contributed by atoms with Gasteiger partial charge in [-0.3, -0.25) is 9.69 Å². The smallest absolute Gasteiger partial charge is 0.236 e. The van der Waals surface area contributed by atoms with Crippen molar-refractivity contribution in [3.8, 4) is 0 Å². The molecule has 5 heteroatoms. The molecular formula is C16H32N4O. The lowest BCUT2D eigenvalue weighted by atomic mass is 10.0. The summed E-state index contributed by atoms with van der Waals surface area (Å²) in [5.41, 5.74) is 5.91. The zero-order valence-corrected chi connectivity index (χ0v) is 13.8. The van der Waals surface area contributed by atoms with Crippen molar-refractivity contribution in [3.63, 3.8) is 0 Å². The number of hydrogen-bond acceptors (Lipinski definition) is 4. The lowest BCUT2D eigenvalue weighted by molar-refractivity contribution is -0.134. The molecule has 0 aromatic rings. The SMILES string of the molecule is CCN(CC)C1CCN(C(=O)CN2CCC(N)CC2)CC1. The van der Waals surface area contributed by atoms with Crippen LogP contribution in [0.5, 0.6) is 0 Å². The number of carbonyl (C=O) groups excluding carboxylic acids is 1. The van der Waals surface area contributed by atoms with Crippen molar-refractivity contribution in [2.45, 2.75) is 51.6 Å². The molecular weight excluding hydrogens is 264 g/mol. The number of likely N-dealkylation sites (tertiary alicyclic amines) is 2. The second-order valence-electron chi connectivity index (χ2n) is 6.45. The van der Waals surface area contributed by atoms with E-state index in [-0.39, 0.29) is 0 Å². The van der Waals surface area contributed by atoms with Crippen LogP contribution >= 0.6 is 0 Å². The normalized spacial score (nSPS) is 23.0. The highest BCUT2D eigenvalue weighted by Crippen LogP contribution is 2.17. The van der Waals surface area contributed by atoms with E-state index in [0.717, 1.165) is 65.0 Å². The summed E-state index contributed by atoms with van der Waals surface area (Å²) in [6.07, 6.45) is 4.30. The molecule has 2 saturated heterocycles. The van der Waals surface area contributed by atoms with E-state index in [1.807, 2.05) is 0 Å². The second kappa shape index (κ2) is 8.11. The monoisotopic (exact) mass is 296 g/mol. The van der Waals surface area contributed by atoms with E-state index >= 15 is 0 Å². The lowest BCUT2D eigenvalue weighted by Gasteiger charge is -2.38. The maximum absolute atomic E-state index is 12.4. The summed E-state index contributed by atoms with van der Waals surface area (Å²) in [6, 6.07) is 0.998. The molecule has 2 aliphatic heterocycles. The van der Waals surface area contributed by atoms with Gasteiger partial charge in [0, 0.05) is 38.3 Å². The van der Waals surface area contributed by atoms with Gasteiger partial charge in [0.2, 0.25) is 5.91 Å². The Balaban J connectivity index is 1.73. The van der Waals surface area contributed by atoms with Crippen LogP contribution in [0.25, 0.3) is 0 Å². The van der Waals surface area contributed by atoms with Crippen LogP contribution in [0.3, 0.4) is 0 Å². The number of rotatable bonds is 5. The molecule has 5 nitrogen and oxygen atoms in total. The van der Waals surface area contributed by atoms with Gasteiger partial charge in [-0.25, -0.2) is 0 Å². The third-order valence-corrected chi connectivity index (χ3v) is 5.14. The fourth-order valence-corrected chi connectivity index (χ4v) is 3.62. The van der Waals surface area contributed by atoms with E-state index in [1.165, 1.54) is 0 Å². The molecule has 1 amide bonds. The highest BCUT2D eigenvalue weighted by atomic mass is 16.2. The number of piperidine rings is 2. The summed E-state index contributed by atoms with van der Waals surface area (Å²) in [5, 5.41) is 0. The van der Waals surface area contributed by atoms with Crippen molar-refractivity contribution in [2.75, 3.05) is 45.8 Å². The van der Waals surface area contributed by atoms with Crippen LogP contribution < -0.4 is 5.73 Å². The van der Waals surface area contributed by atoms with Crippen molar-refractivity contribution < 1.29 is 4.79 Å². The number of carbonyl (C=O) groups is 1. The highest BCUT2D eigenvalue weighted by molar-refractivity contribution is 5.78. The first-order chi connectivity index (χ1) is 10.1. The molecule has 122 valence electrons. The number of nitrogens with two attached hydrogens (primary N) is 1. The van der Waals surface area contributed by atoms with Gasteiger partial charge in [0.25, 0.3) is 0 Å². The zero-order valence-electron chi connectivity index (χ0n) is 13.8. The first kappa shape index (κ1) is 16.7. The average Bonchev–Trinajstić information content (AvgIpc) is 2.51. The molecule has 0 spiro atoms. The van der Waals surface area contributed by atoms with Gasteiger partial charge in [-0.2, -0.15) is 0 Å². The predicted octanol–water partition coefficient (Wildman–Crippen LogP) is 0.742. The van der Waals surface area contributed by atoms with Crippen molar-refractivity contribution in [2.24, 2.45) is 5.73 Å². The second-order valence-corrected chi connectivity index (χ2v) is 6.45. The summed E-state index contributed by atoms with van der Waals surface area (Å²) < 4.78 is 0. The van der Waals surface area contributed by atoms with Crippen LogP contribution in [0.1, 0.15) is 39.5 Å². The molecule has 0 bridgehead atoms. The molecule has 0 aliphatic carbocycles. The van der Waals surface area contributed by atoms with E-state index in [4.69, 9.17) is 5.73 Å². The third kappa shape index (κ3) is 4.66. The van der Waals surface area contributed by atoms with Crippen LogP contribution in [-0.2, 0) is 4.79 Å². The molecule has 2 aliphatic rings. The van der Waals surface area contributed by atoms with E-state index in [9.17, 15) is 4.79 Å². The van der Waals surface area contributed by atoms with Crippen LogP contribution in [0.15, 0.2) is 0 Å². The van der Waals surface area contributed by atoms with Gasteiger partial charge in [-0.15, -0.1) is 0 Å². The maximum atomic E-state index is 12.4. The number of hydrogen-bond donors (Lipinski definition) is 1. The number of nitrogens with zero attached hydrogens (tertiary/aromatic N) is 3. The highest BCUT2D eigenvalue weighted by Gasteiger charge is 2.27. The standard InChI is InChI=1S/C16H32N4O/c1-3-19(4-2)15-7-11-20(12-8-15)16(21)13-18-9-5-14(17)6-10-18/h14-15H,3-13,17H2,1-2H3. The van der Waals surface area contributed by atoms with Crippen molar-refractivity contribution in [1.82, 2.24) is 14.7 Å². The first-order valence-electron chi connectivity index (χ1n) is 8.63. The van der Waals surface area contributed by atoms with Crippen LogP contribution in [0, 0.1) is 0 Å². The Hall–Kier alpha value is -0.650. The third-order valence-electron chi connectivity index (χ3n) is 5.14. The van der Waals surface area contributed by atoms with Gasteiger partial charge in [0.05, 0.1) is 6.54 Å². The van der Waals surface area contributed by atoms with Gasteiger partial charge in [0.15, 0.2) is 0 Å². The molecule has 0 unspecified atom stereocenters. The molecule has 0 saturated carbocycles. The molecule has 21 heavy (non-hydrogen) atoms. The quantitative estimate of drug-likeness (QED) is 0.813. The molecule has 2 heterocycles. The summed E-state index contributed by atoms with van der Waals surface area (Å²) in [5.74, 6) is 0.309. The molecule has 2 fully saturated rings. The van der Waals surface area contributed by atoms with Crippen molar-refractivity contribution in [1.29, 1.82) is 0 Å². The minimum absolute atomic E-state index is 0.309. The molecule has 0 atom stereocenters. The predicted molar refractivity (Wildman–Crippen MR) is 86.2 cm³/mol. The maximum Gasteiger partial charge on any atom is 0.236 e. The lowest BCUT2D eigenvalue weighted by Crippen LogP contribution is -2.50. The van der Waals surface area contributed by atoms with E-state index in [2.05, 4.69) is 28.5 Å². The topological polar surface area (TPSA) is 52.8 Å². The fourth-order valence-electron chi connectivity index (χ4n) is 3.62. The Labute approximate surface area is 129 Å². The van der Waals surface area contributed by atoms with Crippen molar-refractivity contribution >= 4 is 5.91 Å². The molecule has 0 aromatic carbocycles. The molecule has 2 N–H and O–H groups in total. The van der Waals surface area contributed by atoms with Crippen LogP contribution in [-0.4, -0.2) is 78.5 Å². The Kier molecular flexibility index (Phi) is 6.45. The molecule has 0 radical (unpaired) electrons. The first-order valence-corrected chi connectivity index (χ1v) is 8.63. The van der Waals surface area contributed by atoms with Gasteiger partial charge >= 0.3 is 0 Å². The van der Waals surface area contributed by atoms with Crippen LogP contribution in [0.4, 0.5) is 0 Å². The Bertz CT molecular complexity index is 316. The summed E-state index contributed by atoms with van der Waals surface area (Å²) in [6.45, 7) is 11.1. The van der Waals surface area contributed by atoms with Crippen molar-refractivity contribution in [3.05, 3.63) is 0 Å². The molecule has 0 aromatic heterocycles. The van der Waals surface area contributed by atoms with Gasteiger partial charge < -0.3 is 15.5 Å².